The van der Waals surface area contributed by atoms with Crippen molar-refractivity contribution in [1.82, 2.24) is 20.1 Å². The fraction of sp³-hybridized carbons (Fsp3) is 0.208. The number of nitrogens with zero attached hydrogens (tertiary/aromatic N) is 3. The zero-order valence-electron chi connectivity index (χ0n) is 18.6. The number of fused-ring (bicyclic) bond motifs is 1. The van der Waals surface area contributed by atoms with Crippen molar-refractivity contribution in [3.05, 3.63) is 78.0 Å². The summed E-state index contributed by atoms with van der Waals surface area (Å²) in [5.74, 6) is -0.309. The quantitative estimate of drug-likeness (QED) is 0.450. The van der Waals surface area contributed by atoms with Crippen LogP contribution in [0.15, 0.2) is 71.8 Å². The van der Waals surface area contributed by atoms with Crippen LogP contribution < -0.4 is 10.5 Å². The van der Waals surface area contributed by atoms with Gasteiger partial charge in [0.25, 0.3) is 5.91 Å². The molecule has 0 spiro atoms. The molecule has 0 saturated carbocycles. The summed E-state index contributed by atoms with van der Waals surface area (Å²) < 4.78 is 25.2. The standard InChI is InChI=1S/C24H25N5O3S/c1-15(2)29-23-21(14-26-29)20(13-22(28-23)17-8-5-4-6-9-17)24(30)27-16(3)18-10-7-11-19(12-18)33(25,31)32/h4-16H,1-3H3,(H,27,30)(H2,25,31,32). The fourth-order valence-corrected chi connectivity index (χ4v) is 4.23. The third kappa shape index (κ3) is 4.64. The minimum Gasteiger partial charge on any atom is -0.345 e. The van der Waals surface area contributed by atoms with E-state index < -0.39 is 16.1 Å². The fourth-order valence-electron chi connectivity index (χ4n) is 3.66. The van der Waals surface area contributed by atoms with Crippen molar-refractivity contribution in [2.24, 2.45) is 5.14 Å². The number of nitrogens with two attached hydrogens (primary N) is 1. The smallest absolute Gasteiger partial charge is 0.252 e. The van der Waals surface area contributed by atoms with Crippen molar-refractivity contribution in [1.29, 1.82) is 0 Å². The van der Waals surface area contributed by atoms with E-state index in [0.717, 1.165) is 5.56 Å². The lowest BCUT2D eigenvalue weighted by Crippen LogP contribution is -2.27. The number of carbonyl (C=O) groups excluding carboxylic acids is 1. The van der Waals surface area contributed by atoms with E-state index in [4.69, 9.17) is 10.1 Å². The number of hydrogen-bond donors (Lipinski definition) is 2. The second-order valence-corrected chi connectivity index (χ2v) is 9.72. The van der Waals surface area contributed by atoms with Crippen LogP contribution in [-0.2, 0) is 10.0 Å². The van der Waals surface area contributed by atoms with Crippen molar-refractivity contribution in [3.8, 4) is 11.3 Å². The minimum absolute atomic E-state index is 0.00280. The molecule has 2 heterocycles. The Labute approximate surface area is 192 Å². The first-order valence-electron chi connectivity index (χ1n) is 10.5. The van der Waals surface area contributed by atoms with Gasteiger partial charge in [0.05, 0.1) is 33.8 Å². The minimum atomic E-state index is -3.84. The Morgan fingerprint density at radius 2 is 1.76 bits per heavy atom. The first-order valence-corrected chi connectivity index (χ1v) is 12.1. The molecule has 170 valence electrons. The molecule has 4 aromatic rings. The third-order valence-electron chi connectivity index (χ3n) is 5.40. The highest BCUT2D eigenvalue weighted by atomic mass is 32.2. The maximum Gasteiger partial charge on any atom is 0.252 e. The number of nitrogens with one attached hydrogen (secondary N) is 1. The Hall–Kier alpha value is -3.56. The SMILES string of the molecule is CC(NC(=O)c1cc(-c2ccccc2)nc2c1cnn2C(C)C)c1cccc(S(N)(=O)=O)c1. The molecule has 0 aliphatic rings. The van der Waals surface area contributed by atoms with E-state index in [1.165, 1.54) is 12.1 Å². The summed E-state index contributed by atoms with van der Waals surface area (Å²) in [7, 11) is -3.84. The Balaban J connectivity index is 1.75. The third-order valence-corrected chi connectivity index (χ3v) is 6.32. The van der Waals surface area contributed by atoms with Crippen LogP contribution >= 0.6 is 0 Å². The molecule has 0 saturated heterocycles. The molecule has 0 bridgehead atoms. The van der Waals surface area contributed by atoms with Gasteiger partial charge in [0.15, 0.2) is 5.65 Å². The van der Waals surface area contributed by atoms with Gasteiger partial charge >= 0.3 is 0 Å². The summed E-state index contributed by atoms with van der Waals surface area (Å²) in [4.78, 5) is 18.2. The van der Waals surface area contributed by atoms with Crippen LogP contribution in [-0.4, -0.2) is 29.1 Å². The van der Waals surface area contributed by atoms with Gasteiger partial charge in [-0.05, 0) is 44.5 Å². The zero-order valence-corrected chi connectivity index (χ0v) is 19.4. The molecule has 2 aromatic carbocycles. The molecule has 0 radical (unpaired) electrons. The van der Waals surface area contributed by atoms with E-state index in [0.29, 0.717) is 27.9 Å². The van der Waals surface area contributed by atoms with E-state index >= 15 is 0 Å². The summed E-state index contributed by atoms with van der Waals surface area (Å²) in [6.07, 6.45) is 1.65. The number of benzene rings is 2. The molecule has 1 atom stereocenters. The van der Waals surface area contributed by atoms with Crippen LogP contribution in [0.2, 0.25) is 0 Å². The summed E-state index contributed by atoms with van der Waals surface area (Å²) in [5, 5.41) is 13.3. The average Bonchev–Trinajstić information content (AvgIpc) is 3.23. The molecule has 0 aliphatic heterocycles. The lowest BCUT2D eigenvalue weighted by Gasteiger charge is -2.16. The van der Waals surface area contributed by atoms with E-state index in [-0.39, 0.29) is 16.8 Å². The Morgan fingerprint density at radius 3 is 2.42 bits per heavy atom. The molecule has 2 aromatic heterocycles. The number of aromatic nitrogens is 3. The lowest BCUT2D eigenvalue weighted by molar-refractivity contribution is 0.0941. The predicted octanol–water partition coefficient (Wildman–Crippen LogP) is 3.82. The predicted molar refractivity (Wildman–Crippen MR) is 127 cm³/mol. The highest BCUT2D eigenvalue weighted by Crippen LogP contribution is 2.27. The summed E-state index contributed by atoms with van der Waals surface area (Å²) >= 11 is 0. The van der Waals surface area contributed by atoms with Crippen LogP contribution in [0.1, 0.15) is 48.8 Å². The molecule has 1 amide bonds. The molecule has 8 nitrogen and oxygen atoms in total. The normalized spacial score (nSPS) is 12.8. The largest absolute Gasteiger partial charge is 0.345 e. The van der Waals surface area contributed by atoms with Gasteiger partial charge in [-0.25, -0.2) is 23.2 Å². The lowest BCUT2D eigenvalue weighted by atomic mass is 10.0. The van der Waals surface area contributed by atoms with Crippen LogP contribution in [0, 0.1) is 0 Å². The van der Waals surface area contributed by atoms with Gasteiger partial charge in [0.2, 0.25) is 10.0 Å². The second-order valence-electron chi connectivity index (χ2n) is 8.15. The van der Waals surface area contributed by atoms with Crippen LogP contribution in [0.3, 0.4) is 0 Å². The highest BCUT2D eigenvalue weighted by Gasteiger charge is 2.20. The van der Waals surface area contributed by atoms with Crippen LogP contribution in [0.25, 0.3) is 22.3 Å². The number of rotatable bonds is 6. The number of hydrogen-bond acceptors (Lipinski definition) is 5. The van der Waals surface area contributed by atoms with Crippen LogP contribution in [0.4, 0.5) is 0 Å². The van der Waals surface area contributed by atoms with Gasteiger partial charge in [-0.15, -0.1) is 0 Å². The Kier molecular flexibility index (Phi) is 6.01. The molecule has 4 rings (SSSR count). The van der Waals surface area contributed by atoms with Crippen molar-refractivity contribution < 1.29 is 13.2 Å². The summed E-state index contributed by atoms with van der Waals surface area (Å²) in [5.41, 5.74) is 3.25. The molecule has 3 N–H and O–H groups in total. The van der Waals surface area contributed by atoms with Gasteiger partial charge in [-0.2, -0.15) is 5.10 Å². The summed E-state index contributed by atoms with van der Waals surface area (Å²) in [6.45, 7) is 5.79. The van der Waals surface area contributed by atoms with Crippen molar-refractivity contribution in [2.45, 2.75) is 37.8 Å². The number of primary sulfonamides is 1. The first kappa shape index (κ1) is 22.6. The number of amides is 1. The average molecular weight is 464 g/mol. The van der Waals surface area contributed by atoms with Gasteiger partial charge in [0, 0.05) is 11.6 Å². The van der Waals surface area contributed by atoms with Crippen molar-refractivity contribution in [3.63, 3.8) is 0 Å². The zero-order chi connectivity index (χ0) is 23.8. The topological polar surface area (TPSA) is 120 Å². The Bertz CT molecular complexity index is 1430. The molecule has 0 fully saturated rings. The van der Waals surface area contributed by atoms with Crippen molar-refractivity contribution in [2.75, 3.05) is 0 Å². The molecular formula is C24H25N5O3S. The van der Waals surface area contributed by atoms with Gasteiger partial charge in [0.1, 0.15) is 0 Å². The monoisotopic (exact) mass is 463 g/mol. The molecule has 0 aliphatic carbocycles. The van der Waals surface area contributed by atoms with Gasteiger partial charge in [-0.3, -0.25) is 4.79 Å². The molecule has 1 unspecified atom stereocenters. The van der Waals surface area contributed by atoms with Crippen molar-refractivity contribution >= 4 is 27.0 Å². The van der Waals surface area contributed by atoms with Gasteiger partial charge in [-0.1, -0.05) is 42.5 Å². The second kappa shape index (κ2) is 8.76. The molecular weight excluding hydrogens is 438 g/mol. The van der Waals surface area contributed by atoms with E-state index in [1.807, 2.05) is 44.2 Å². The Morgan fingerprint density at radius 1 is 1.03 bits per heavy atom. The maximum absolute atomic E-state index is 13.4. The number of pyridine rings is 1. The van der Waals surface area contributed by atoms with E-state index in [1.54, 1.807) is 36.0 Å². The molecule has 9 heteroatoms. The summed E-state index contributed by atoms with van der Waals surface area (Å²) in [6, 6.07) is 17.2. The maximum atomic E-state index is 13.4. The van der Waals surface area contributed by atoms with Gasteiger partial charge < -0.3 is 5.32 Å². The van der Waals surface area contributed by atoms with Crippen LogP contribution in [0.5, 0.6) is 0 Å². The highest BCUT2D eigenvalue weighted by molar-refractivity contribution is 7.89. The van der Waals surface area contributed by atoms with E-state index in [9.17, 15) is 13.2 Å². The first-order chi connectivity index (χ1) is 15.6. The molecule has 33 heavy (non-hydrogen) atoms. The number of carbonyl (C=O) groups is 1. The number of sulfonamides is 1. The van der Waals surface area contributed by atoms with E-state index in [2.05, 4.69) is 10.4 Å².